The fraction of sp³-hybridized carbons (Fsp3) is 0.538. The number of nitrogens with one attached hydrogen (secondary N) is 1. The maximum Gasteiger partial charge on any atom is 0.243 e. The van der Waals surface area contributed by atoms with Crippen LogP contribution in [0.2, 0.25) is 0 Å². The van der Waals surface area contributed by atoms with Crippen LogP contribution in [-0.2, 0) is 16.6 Å². The lowest BCUT2D eigenvalue weighted by Crippen LogP contribution is -2.43. The van der Waals surface area contributed by atoms with E-state index in [-0.39, 0.29) is 6.61 Å². The van der Waals surface area contributed by atoms with E-state index in [0.29, 0.717) is 12.0 Å². The molecule has 0 spiro atoms. The summed E-state index contributed by atoms with van der Waals surface area (Å²) >= 11 is 0. The van der Waals surface area contributed by atoms with Crippen molar-refractivity contribution in [3.8, 4) is 0 Å². The number of rotatable bonds is 6. The van der Waals surface area contributed by atoms with E-state index >= 15 is 0 Å². The van der Waals surface area contributed by atoms with E-state index in [9.17, 15) is 12.8 Å². The molecule has 2 N–H and O–H groups in total. The van der Waals surface area contributed by atoms with Gasteiger partial charge in [-0.15, -0.1) is 0 Å². The van der Waals surface area contributed by atoms with Crippen LogP contribution in [0, 0.1) is 5.82 Å². The van der Waals surface area contributed by atoms with Crippen molar-refractivity contribution in [3.63, 3.8) is 0 Å². The molecular weight excluding hydrogens is 269 g/mol. The molecule has 0 aromatic heterocycles. The highest BCUT2D eigenvalue weighted by Crippen LogP contribution is 2.20. The van der Waals surface area contributed by atoms with Gasteiger partial charge in [0.1, 0.15) is 10.7 Å². The number of aliphatic hydroxyl groups is 1. The molecule has 0 unspecified atom stereocenters. The van der Waals surface area contributed by atoms with Crippen molar-refractivity contribution in [1.82, 2.24) is 4.72 Å². The molecule has 0 radical (unpaired) electrons. The minimum Gasteiger partial charge on any atom is -0.392 e. The summed E-state index contributed by atoms with van der Waals surface area (Å²) < 4.78 is 40.5. The number of sulfonamides is 1. The molecule has 0 heterocycles. The molecule has 6 heteroatoms. The summed E-state index contributed by atoms with van der Waals surface area (Å²) in [6, 6.07) is 3.59. The first-order chi connectivity index (χ1) is 8.72. The quantitative estimate of drug-likeness (QED) is 0.843. The van der Waals surface area contributed by atoms with E-state index in [1.807, 2.05) is 6.92 Å². The van der Waals surface area contributed by atoms with E-state index in [1.54, 1.807) is 13.8 Å². The summed E-state index contributed by atoms with van der Waals surface area (Å²) in [4.78, 5) is -0.395. The topological polar surface area (TPSA) is 66.4 Å². The first-order valence-corrected chi connectivity index (χ1v) is 7.63. The molecule has 1 aromatic rings. The molecule has 0 bridgehead atoms. The first kappa shape index (κ1) is 16.1. The second kappa shape index (κ2) is 5.98. The zero-order valence-corrected chi connectivity index (χ0v) is 12.2. The molecule has 0 saturated carbocycles. The van der Waals surface area contributed by atoms with Gasteiger partial charge in [-0.3, -0.25) is 0 Å². The third kappa shape index (κ3) is 4.26. The summed E-state index contributed by atoms with van der Waals surface area (Å²) in [7, 11) is -3.90. The van der Waals surface area contributed by atoms with Gasteiger partial charge in [-0.2, -0.15) is 0 Å². The second-order valence-electron chi connectivity index (χ2n) is 5.16. The van der Waals surface area contributed by atoms with Gasteiger partial charge in [0, 0.05) is 5.54 Å². The molecular formula is C13H20FNO3S. The number of hydrogen-bond acceptors (Lipinski definition) is 3. The van der Waals surface area contributed by atoms with Gasteiger partial charge in [0.15, 0.2) is 0 Å². The Morgan fingerprint density at radius 1 is 1.37 bits per heavy atom. The zero-order chi connectivity index (χ0) is 14.7. The first-order valence-electron chi connectivity index (χ1n) is 6.15. The van der Waals surface area contributed by atoms with E-state index < -0.39 is 26.3 Å². The normalized spacial score (nSPS) is 12.7. The minimum atomic E-state index is -3.90. The summed E-state index contributed by atoms with van der Waals surface area (Å²) in [6.45, 7) is 5.14. The van der Waals surface area contributed by atoms with Crippen molar-refractivity contribution >= 4 is 10.0 Å². The van der Waals surface area contributed by atoms with E-state index in [4.69, 9.17) is 5.11 Å². The van der Waals surface area contributed by atoms with Crippen LogP contribution in [0.1, 0.15) is 39.2 Å². The highest BCUT2D eigenvalue weighted by Gasteiger charge is 2.27. The maximum atomic E-state index is 13.8. The predicted molar refractivity (Wildman–Crippen MR) is 71.6 cm³/mol. The average Bonchev–Trinajstić information content (AvgIpc) is 2.26. The zero-order valence-electron chi connectivity index (χ0n) is 11.4. The van der Waals surface area contributed by atoms with Crippen molar-refractivity contribution in [2.45, 2.75) is 50.7 Å². The molecule has 0 aliphatic heterocycles. The Labute approximate surface area is 113 Å². The Hall–Kier alpha value is -0.980. The smallest absolute Gasteiger partial charge is 0.243 e. The number of halogens is 1. The van der Waals surface area contributed by atoms with E-state index in [0.717, 1.165) is 12.5 Å². The van der Waals surface area contributed by atoms with Gasteiger partial charge in [0.2, 0.25) is 10.0 Å². The van der Waals surface area contributed by atoms with Gasteiger partial charge in [-0.25, -0.2) is 17.5 Å². The molecule has 0 fully saturated rings. The molecule has 0 aliphatic rings. The molecule has 0 amide bonds. The van der Waals surface area contributed by atoms with Crippen LogP contribution in [0.4, 0.5) is 4.39 Å². The number of hydrogen-bond donors (Lipinski definition) is 2. The second-order valence-corrected chi connectivity index (χ2v) is 6.81. The van der Waals surface area contributed by atoms with Crippen LogP contribution in [0.3, 0.4) is 0 Å². The van der Waals surface area contributed by atoms with Crippen LogP contribution in [0.15, 0.2) is 23.1 Å². The Kier molecular flexibility index (Phi) is 5.06. The van der Waals surface area contributed by atoms with Gasteiger partial charge in [0.05, 0.1) is 6.61 Å². The van der Waals surface area contributed by atoms with Gasteiger partial charge >= 0.3 is 0 Å². The van der Waals surface area contributed by atoms with Crippen molar-refractivity contribution < 1.29 is 17.9 Å². The minimum absolute atomic E-state index is 0.327. The van der Waals surface area contributed by atoms with Crippen molar-refractivity contribution in [3.05, 3.63) is 29.6 Å². The summed E-state index contributed by atoms with van der Waals surface area (Å²) in [5, 5.41) is 8.88. The molecule has 1 aromatic carbocycles. The van der Waals surface area contributed by atoms with Gasteiger partial charge < -0.3 is 5.11 Å². The lowest BCUT2D eigenvalue weighted by molar-refractivity contribution is 0.281. The fourth-order valence-corrected chi connectivity index (χ4v) is 3.46. The SMILES string of the molecule is CCCC(C)(C)NS(=O)(=O)c1ccc(CO)cc1F. The molecule has 19 heavy (non-hydrogen) atoms. The summed E-state index contributed by atoms with van der Waals surface area (Å²) in [6.07, 6.45) is 1.48. The third-order valence-corrected chi connectivity index (χ3v) is 4.49. The van der Waals surface area contributed by atoms with Crippen molar-refractivity contribution in [2.75, 3.05) is 0 Å². The number of aliphatic hydroxyl groups excluding tert-OH is 1. The van der Waals surface area contributed by atoms with Crippen molar-refractivity contribution in [1.29, 1.82) is 0 Å². The summed E-state index contributed by atoms with van der Waals surface area (Å²) in [5.74, 6) is -0.855. The van der Waals surface area contributed by atoms with Gasteiger partial charge in [-0.05, 0) is 38.0 Å². The largest absolute Gasteiger partial charge is 0.392 e. The van der Waals surface area contributed by atoms with Crippen LogP contribution in [0.5, 0.6) is 0 Å². The monoisotopic (exact) mass is 289 g/mol. The molecule has 108 valence electrons. The van der Waals surface area contributed by atoms with Crippen LogP contribution < -0.4 is 4.72 Å². The van der Waals surface area contributed by atoms with Crippen LogP contribution in [0.25, 0.3) is 0 Å². The Bertz CT molecular complexity index is 541. The fourth-order valence-electron chi connectivity index (χ4n) is 1.96. The van der Waals surface area contributed by atoms with Crippen molar-refractivity contribution in [2.24, 2.45) is 0 Å². The van der Waals surface area contributed by atoms with Crippen LogP contribution in [-0.4, -0.2) is 19.1 Å². The lowest BCUT2D eigenvalue weighted by Gasteiger charge is -2.25. The molecule has 0 aliphatic carbocycles. The van der Waals surface area contributed by atoms with E-state index in [2.05, 4.69) is 4.72 Å². The van der Waals surface area contributed by atoms with Gasteiger partial charge in [0.25, 0.3) is 0 Å². The lowest BCUT2D eigenvalue weighted by atomic mass is 10.0. The Morgan fingerprint density at radius 2 is 2.00 bits per heavy atom. The molecule has 1 rings (SSSR count). The third-order valence-electron chi connectivity index (χ3n) is 2.75. The summed E-state index contributed by atoms with van der Waals surface area (Å²) in [5.41, 5.74) is -0.292. The highest BCUT2D eigenvalue weighted by atomic mass is 32.2. The van der Waals surface area contributed by atoms with Crippen LogP contribution >= 0.6 is 0 Å². The molecule has 0 saturated heterocycles. The standard InChI is InChI=1S/C13H20FNO3S/c1-4-7-13(2,3)15-19(17,18)12-6-5-10(9-16)8-11(12)14/h5-6,8,15-16H,4,7,9H2,1-3H3. The molecule has 4 nitrogen and oxygen atoms in total. The molecule has 0 atom stereocenters. The average molecular weight is 289 g/mol. The Balaban J connectivity index is 3.07. The number of benzene rings is 1. The predicted octanol–water partition coefficient (Wildman–Crippen LogP) is 2.17. The Morgan fingerprint density at radius 3 is 2.47 bits per heavy atom. The maximum absolute atomic E-state index is 13.8. The highest BCUT2D eigenvalue weighted by molar-refractivity contribution is 7.89. The van der Waals surface area contributed by atoms with E-state index in [1.165, 1.54) is 12.1 Å². The van der Waals surface area contributed by atoms with Gasteiger partial charge in [-0.1, -0.05) is 19.4 Å².